The second-order valence-electron chi connectivity index (χ2n) is 5.11. The Morgan fingerprint density at radius 1 is 1.48 bits per heavy atom. The fourth-order valence-corrected chi connectivity index (χ4v) is 2.60. The van der Waals surface area contributed by atoms with Gasteiger partial charge < -0.3 is 14.6 Å². The Bertz CT molecular complexity index is 661. The third-order valence-corrected chi connectivity index (χ3v) is 3.76. The molecule has 21 heavy (non-hydrogen) atoms. The summed E-state index contributed by atoms with van der Waals surface area (Å²) in [4.78, 5) is 21.5. The van der Waals surface area contributed by atoms with Crippen LogP contribution in [-0.2, 0) is 16.1 Å². The molecule has 112 valence electrons. The zero-order valence-electron chi connectivity index (χ0n) is 12.3. The van der Waals surface area contributed by atoms with Crippen molar-refractivity contribution in [3.8, 4) is 11.5 Å². The Morgan fingerprint density at radius 2 is 2.29 bits per heavy atom. The van der Waals surface area contributed by atoms with Crippen LogP contribution in [-0.4, -0.2) is 55.8 Å². The molecule has 8 heteroatoms. The smallest absolute Gasteiger partial charge is 0.245 e. The van der Waals surface area contributed by atoms with Crippen LogP contribution < -0.4 is 0 Å². The van der Waals surface area contributed by atoms with E-state index in [4.69, 9.17) is 4.74 Å². The van der Waals surface area contributed by atoms with E-state index in [1.165, 1.54) is 0 Å². The summed E-state index contributed by atoms with van der Waals surface area (Å²) in [5.74, 6) is 1.46. The van der Waals surface area contributed by atoms with Crippen molar-refractivity contribution in [3.05, 3.63) is 17.8 Å². The topological polar surface area (TPSA) is 88.9 Å². The summed E-state index contributed by atoms with van der Waals surface area (Å²) in [6.45, 7) is 5.30. The van der Waals surface area contributed by atoms with Gasteiger partial charge in [-0.2, -0.15) is 0 Å². The van der Waals surface area contributed by atoms with E-state index in [1.807, 2.05) is 18.4 Å². The van der Waals surface area contributed by atoms with Crippen LogP contribution in [0.2, 0.25) is 0 Å². The lowest BCUT2D eigenvalue weighted by molar-refractivity contribution is -0.137. The Kier molecular flexibility index (Phi) is 3.46. The normalized spacial score (nSPS) is 18.1. The molecule has 0 aromatic carbocycles. The predicted molar refractivity (Wildman–Crippen MR) is 74.3 cm³/mol. The van der Waals surface area contributed by atoms with Gasteiger partial charge in [0, 0.05) is 19.3 Å². The van der Waals surface area contributed by atoms with Crippen LogP contribution in [0, 0.1) is 6.92 Å². The molecule has 0 unspecified atom stereocenters. The molecular weight excluding hydrogens is 272 g/mol. The van der Waals surface area contributed by atoms with Gasteiger partial charge in [-0.05, 0) is 13.8 Å². The number of methoxy groups -OCH3 is 1. The van der Waals surface area contributed by atoms with Gasteiger partial charge in [-0.1, -0.05) is 0 Å². The standard InChI is InChI=1S/C13H18N6O2/c1-8-11(15-7-14-8)12-17-16-10-6-18(4-5-21-3)13(20)9(2)19(10)12/h7,9H,4-6H2,1-3H3,(H,14,15)/t9-/m0/s1. The number of hydrogen-bond donors (Lipinski definition) is 1. The number of aryl methyl sites for hydroxylation is 1. The molecule has 0 aliphatic carbocycles. The molecule has 0 bridgehead atoms. The summed E-state index contributed by atoms with van der Waals surface area (Å²) in [7, 11) is 1.62. The van der Waals surface area contributed by atoms with Crippen molar-refractivity contribution in [1.29, 1.82) is 0 Å². The number of ether oxygens (including phenoxy) is 1. The second-order valence-corrected chi connectivity index (χ2v) is 5.11. The van der Waals surface area contributed by atoms with E-state index in [1.54, 1.807) is 18.3 Å². The van der Waals surface area contributed by atoms with Crippen molar-refractivity contribution in [3.63, 3.8) is 0 Å². The van der Waals surface area contributed by atoms with Crippen LogP contribution in [0.5, 0.6) is 0 Å². The van der Waals surface area contributed by atoms with Crippen molar-refractivity contribution in [2.24, 2.45) is 0 Å². The van der Waals surface area contributed by atoms with Crippen LogP contribution in [0.15, 0.2) is 6.33 Å². The summed E-state index contributed by atoms with van der Waals surface area (Å²) in [5.41, 5.74) is 1.64. The Morgan fingerprint density at radius 3 is 2.95 bits per heavy atom. The highest BCUT2D eigenvalue weighted by Gasteiger charge is 2.33. The van der Waals surface area contributed by atoms with Gasteiger partial charge >= 0.3 is 0 Å². The number of carbonyl (C=O) groups excluding carboxylic acids is 1. The third kappa shape index (κ3) is 2.21. The molecule has 1 N–H and O–H groups in total. The van der Waals surface area contributed by atoms with Gasteiger partial charge in [-0.3, -0.25) is 9.36 Å². The number of carbonyl (C=O) groups is 1. The molecule has 3 rings (SSSR count). The number of amides is 1. The number of rotatable bonds is 4. The summed E-state index contributed by atoms with van der Waals surface area (Å²) >= 11 is 0. The lowest BCUT2D eigenvalue weighted by Crippen LogP contribution is -2.43. The Labute approximate surface area is 122 Å². The zero-order valence-corrected chi connectivity index (χ0v) is 12.3. The first-order valence-corrected chi connectivity index (χ1v) is 6.85. The molecule has 0 radical (unpaired) electrons. The Balaban J connectivity index is 1.97. The first kappa shape index (κ1) is 13.7. The minimum absolute atomic E-state index is 0.0498. The van der Waals surface area contributed by atoms with E-state index in [2.05, 4.69) is 20.2 Å². The van der Waals surface area contributed by atoms with Crippen LogP contribution in [0.1, 0.15) is 24.5 Å². The molecule has 2 aromatic heterocycles. The van der Waals surface area contributed by atoms with Crippen LogP contribution in [0.4, 0.5) is 0 Å². The summed E-state index contributed by atoms with van der Waals surface area (Å²) < 4.78 is 6.91. The fraction of sp³-hybridized carbons (Fsp3) is 0.538. The molecular formula is C13H18N6O2. The van der Waals surface area contributed by atoms with E-state index in [0.29, 0.717) is 25.5 Å². The third-order valence-electron chi connectivity index (χ3n) is 3.76. The number of aromatic nitrogens is 5. The zero-order chi connectivity index (χ0) is 15.0. The maximum atomic E-state index is 12.5. The first-order valence-electron chi connectivity index (χ1n) is 6.85. The van der Waals surface area contributed by atoms with Crippen LogP contribution in [0.25, 0.3) is 11.5 Å². The highest BCUT2D eigenvalue weighted by Crippen LogP contribution is 2.28. The van der Waals surface area contributed by atoms with Gasteiger partial charge in [0.25, 0.3) is 0 Å². The van der Waals surface area contributed by atoms with Gasteiger partial charge in [0.15, 0.2) is 11.6 Å². The van der Waals surface area contributed by atoms with E-state index < -0.39 is 0 Å². The molecule has 1 aliphatic heterocycles. The van der Waals surface area contributed by atoms with Gasteiger partial charge in [-0.25, -0.2) is 4.98 Å². The molecule has 1 amide bonds. The molecule has 1 aliphatic rings. The van der Waals surface area contributed by atoms with Gasteiger partial charge in [-0.15, -0.1) is 10.2 Å². The molecule has 0 saturated heterocycles. The summed E-state index contributed by atoms with van der Waals surface area (Å²) in [6, 6.07) is -0.341. The highest BCUT2D eigenvalue weighted by molar-refractivity contribution is 5.82. The van der Waals surface area contributed by atoms with Gasteiger partial charge in [0.1, 0.15) is 11.7 Å². The quantitative estimate of drug-likeness (QED) is 0.887. The van der Waals surface area contributed by atoms with Crippen LogP contribution in [0.3, 0.4) is 0 Å². The van der Waals surface area contributed by atoms with Crippen LogP contribution >= 0.6 is 0 Å². The molecule has 2 aromatic rings. The van der Waals surface area contributed by atoms with Gasteiger partial charge in [0.2, 0.25) is 5.91 Å². The predicted octanol–water partition coefficient (Wildman–Crippen LogP) is 0.526. The molecule has 0 fully saturated rings. The minimum atomic E-state index is -0.341. The van der Waals surface area contributed by atoms with Crippen molar-refractivity contribution in [2.75, 3.05) is 20.3 Å². The molecule has 0 saturated carbocycles. The number of hydrogen-bond acceptors (Lipinski definition) is 5. The Hall–Kier alpha value is -2.22. The molecule has 1 atom stereocenters. The van der Waals surface area contributed by atoms with Crippen molar-refractivity contribution >= 4 is 5.91 Å². The van der Waals surface area contributed by atoms with E-state index >= 15 is 0 Å². The number of imidazole rings is 1. The lowest BCUT2D eigenvalue weighted by atomic mass is 10.2. The SMILES string of the molecule is COCCN1Cc2nnc(-c3nc[nH]c3C)n2[C@@H](C)C1=O. The van der Waals surface area contributed by atoms with E-state index in [9.17, 15) is 4.79 Å². The fourth-order valence-electron chi connectivity index (χ4n) is 2.60. The summed E-state index contributed by atoms with van der Waals surface area (Å²) in [5, 5.41) is 8.44. The number of nitrogens with zero attached hydrogens (tertiary/aromatic N) is 5. The van der Waals surface area contributed by atoms with Crippen molar-refractivity contribution in [1.82, 2.24) is 29.6 Å². The largest absolute Gasteiger partial charge is 0.383 e. The van der Waals surface area contributed by atoms with Crippen molar-refractivity contribution < 1.29 is 9.53 Å². The minimum Gasteiger partial charge on any atom is -0.383 e. The van der Waals surface area contributed by atoms with E-state index in [-0.39, 0.29) is 11.9 Å². The summed E-state index contributed by atoms with van der Waals surface area (Å²) in [6.07, 6.45) is 1.62. The second kappa shape index (κ2) is 5.28. The number of H-pyrrole nitrogens is 1. The average molecular weight is 290 g/mol. The maximum Gasteiger partial charge on any atom is 0.245 e. The number of aromatic amines is 1. The average Bonchev–Trinajstić information content (AvgIpc) is 3.07. The molecule has 3 heterocycles. The lowest BCUT2D eigenvalue weighted by Gasteiger charge is -2.31. The van der Waals surface area contributed by atoms with Crippen molar-refractivity contribution in [2.45, 2.75) is 26.4 Å². The first-order chi connectivity index (χ1) is 10.1. The monoisotopic (exact) mass is 290 g/mol. The molecule has 0 spiro atoms. The number of fused-ring (bicyclic) bond motifs is 1. The maximum absolute atomic E-state index is 12.5. The van der Waals surface area contributed by atoms with Gasteiger partial charge in [0.05, 0.1) is 19.5 Å². The number of nitrogens with one attached hydrogen (secondary N) is 1. The highest BCUT2D eigenvalue weighted by atomic mass is 16.5. The van der Waals surface area contributed by atoms with E-state index in [0.717, 1.165) is 17.2 Å². The molecule has 8 nitrogen and oxygen atoms in total.